The Morgan fingerprint density at radius 2 is 2.10 bits per heavy atom. The Labute approximate surface area is 178 Å². The van der Waals surface area contributed by atoms with Crippen molar-refractivity contribution in [3.63, 3.8) is 0 Å². The highest BCUT2D eigenvalue weighted by Gasteiger charge is 2.33. The van der Waals surface area contributed by atoms with Crippen LogP contribution in [0, 0.1) is 0 Å². The predicted molar refractivity (Wildman–Crippen MR) is 112 cm³/mol. The van der Waals surface area contributed by atoms with Gasteiger partial charge < -0.3 is 14.4 Å². The Kier molecular flexibility index (Phi) is 5.30. The van der Waals surface area contributed by atoms with Crippen molar-refractivity contribution < 1.29 is 22.7 Å². The maximum absolute atomic E-state index is 13.3. The SMILES string of the molecule is COc1cccc2c1OC[C@H](NS(=O)(=O)c1cc(Br)cc3c1N(C(C)=O)CC3)C2. The maximum atomic E-state index is 13.3. The van der Waals surface area contributed by atoms with Crippen LogP contribution in [0.5, 0.6) is 11.5 Å². The topological polar surface area (TPSA) is 84.9 Å². The Morgan fingerprint density at radius 1 is 1.31 bits per heavy atom. The van der Waals surface area contributed by atoms with Gasteiger partial charge in [0, 0.05) is 17.9 Å². The lowest BCUT2D eigenvalue weighted by molar-refractivity contribution is -0.116. The standard InChI is InChI=1S/C20H21BrN2O5S/c1-12(24)23-7-6-13-8-15(21)10-18(19(13)23)29(25,26)22-16-9-14-4-3-5-17(27-2)20(14)28-11-16/h3-5,8,10,16,22H,6-7,9,11H2,1-2H3/t16-/m1/s1. The molecule has 0 spiro atoms. The molecule has 0 aliphatic carbocycles. The normalized spacial score (nSPS) is 18.0. The number of carbonyl (C=O) groups excluding carboxylic acids is 1. The zero-order chi connectivity index (χ0) is 20.8. The average molecular weight is 481 g/mol. The van der Waals surface area contributed by atoms with Gasteiger partial charge in [0.25, 0.3) is 0 Å². The van der Waals surface area contributed by atoms with Crippen molar-refractivity contribution in [2.45, 2.75) is 30.7 Å². The highest BCUT2D eigenvalue weighted by atomic mass is 79.9. The predicted octanol–water partition coefficient (Wildman–Crippen LogP) is 2.65. The minimum Gasteiger partial charge on any atom is -0.493 e. The Hall–Kier alpha value is -2.10. The minimum absolute atomic E-state index is 0.103. The number of sulfonamides is 1. The number of amides is 1. The van der Waals surface area contributed by atoms with Gasteiger partial charge in [-0.1, -0.05) is 28.1 Å². The van der Waals surface area contributed by atoms with Crippen molar-refractivity contribution in [2.24, 2.45) is 0 Å². The Bertz CT molecular complexity index is 1090. The van der Waals surface area contributed by atoms with Gasteiger partial charge in [0.05, 0.1) is 18.8 Å². The van der Waals surface area contributed by atoms with Crippen molar-refractivity contribution in [3.8, 4) is 11.5 Å². The highest BCUT2D eigenvalue weighted by molar-refractivity contribution is 9.10. The molecule has 2 aliphatic heterocycles. The van der Waals surface area contributed by atoms with E-state index in [-0.39, 0.29) is 17.4 Å². The first-order valence-corrected chi connectivity index (χ1v) is 11.5. The van der Waals surface area contributed by atoms with Gasteiger partial charge >= 0.3 is 0 Å². The largest absolute Gasteiger partial charge is 0.493 e. The Morgan fingerprint density at radius 3 is 2.83 bits per heavy atom. The lowest BCUT2D eigenvalue weighted by Crippen LogP contribution is -2.43. The van der Waals surface area contributed by atoms with E-state index in [0.29, 0.717) is 41.0 Å². The van der Waals surface area contributed by atoms with Gasteiger partial charge in [-0.15, -0.1) is 0 Å². The number of carbonyl (C=O) groups is 1. The molecule has 2 aromatic rings. The smallest absolute Gasteiger partial charge is 0.243 e. The first kappa shape index (κ1) is 20.2. The molecule has 0 radical (unpaired) electrons. The molecule has 4 rings (SSSR count). The number of benzene rings is 2. The second kappa shape index (κ2) is 7.62. The zero-order valence-corrected chi connectivity index (χ0v) is 18.5. The molecule has 1 amide bonds. The number of ether oxygens (including phenoxy) is 2. The van der Waals surface area contributed by atoms with E-state index in [1.165, 1.54) is 11.8 Å². The second-order valence-corrected chi connectivity index (χ2v) is 9.71. The number of hydrogen-bond donors (Lipinski definition) is 1. The third kappa shape index (κ3) is 3.74. The molecule has 0 fully saturated rings. The summed E-state index contributed by atoms with van der Waals surface area (Å²) in [5.41, 5.74) is 2.19. The number of nitrogens with zero attached hydrogens (tertiary/aromatic N) is 1. The highest BCUT2D eigenvalue weighted by Crippen LogP contribution is 2.38. The zero-order valence-electron chi connectivity index (χ0n) is 16.1. The van der Waals surface area contributed by atoms with Gasteiger partial charge in [-0.3, -0.25) is 4.79 Å². The van der Waals surface area contributed by atoms with Crippen molar-refractivity contribution in [3.05, 3.63) is 45.9 Å². The van der Waals surface area contributed by atoms with Crippen LogP contribution in [0.3, 0.4) is 0 Å². The van der Waals surface area contributed by atoms with Crippen LogP contribution in [-0.4, -0.2) is 40.6 Å². The second-order valence-electron chi connectivity index (χ2n) is 7.11. The number of fused-ring (bicyclic) bond motifs is 2. The fraction of sp³-hybridized carbons (Fsp3) is 0.350. The molecule has 0 saturated heterocycles. The molecule has 154 valence electrons. The summed E-state index contributed by atoms with van der Waals surface area (Å²) in [4.78, 5) is 13.7. The molecule has 0 unspecified atom stereocenters. The first-order chi connectivity index (χ1) is 13.8. The van der Waals surface area contributed by atoms with Crippen LogP contribution in [0.15, 0.2) is 39.7 Å². The molecule has 1 atom stereocenters. The average Bonchev–Trinajstić information content (AvgIpc) is 3.10. The molecule has 2 aliphatic rings. The van der Waals surface area contributed by atoms with Crippen LogP contribution in [-0.2, 0) is 27.7 Å². The fourth-order valence-corrected chi connectivity index (χ4v) is 6.05. The van der Waals surface area contributed by atoms with E-state index in [9.17, 15) is 13.2 Å². The third-order valence-electron chi connectivity index (χ3n) is 5.16. The summed E-state index contributed by atoms with van der Waals surface area (Å²) in [6, 6.07) is 8.54. The quantitative estimate of drug-likeness (QED) is 0.726. The molecule has 2 heterocycles. The first-order valence-electron chi connectivity index (χ1n) is 9.21. The van der Waals surface area contributed by atoms with Gasteiger partial charge in [0.2, 0.25) is 15.9 Å². The van der Waals surface area contributed by atoms with Crippen molar-refractivity contribution in [1.82, 2.24) is 4.72 Å². The number of para-hydroxylation sites is 1. The number of halogens is 1. The summed E-state index contributed by atoms with van der Waals surface area (Å²) in [5, 5.41) is 0. The molecule has 29 heavy (non-hydrogen) atoms. The third-order valence-corrected chi connectivity index (χ3v) is 7.15. The number of methoxy groups -OCH3 is 1. The van der Waals surface area contributed by atoms with Crippen molar-refractivity contribution in [2.75, 3.05) is 25.2 Å². The van der Waals surface area contributed by atoms with Gasteiger partial charge in [-0.2, -0.15) is 0 Å². The van der Waals surface area contributed by atoms with E-state index in [4.69, 9.17) is 9.47 Å². The van der Waals surface area contributed by atoms with Crippen LogP contribution < -0.4 is 19.1 Å². The summed E-state index contributed by atoms with van der Waals surface area (Å²) >= 11 is 3.39. The van der Waals surface area contributed by atoms with Crippen LogP contribution in [0.1, 0.15) is 18.1 Å². The molecule has 7 nitrogen and oxygen atoms in total. The molecule has 9 heteroatoms. The molecular formula is C20H21BrN2O5S. The van der Waals surface area contributed by atoms with Crippen LogP contribution in [0.25, 0.3) is 0 Å². The van der Waals surface area contributed by atoms with E-state index in [1.54, 1.807) is 13.2 Å². The van der Waals surface area contributed by atoms with E-state index in [2.05, 4.69) is 20.7 Å². The number of anilines is 1. The number of hydrogen-bond acceptors (Lipinski definition) is 5. The summed E-state index contributed by atoms with van der Waals surface area (Å²) in [6.07, 6.45) is 1.11. The molecule has 2 aromatic carbocycles. The fourth-order valence-electron chi connectivity index (χ4n) is 3.90. The molecular weight excluding hydrogens is 460 g/mol. The number of nitrogens with one attached hydrogen (secondary N) is 1. The maximum Gasteiger partial charge on any atom is 0.243 e. The van der Waals surface area contributed by atoms with Gasteiger partial charge in [-0.05, 0) is 42.2 Å². The summed E-state index contributed by atoms with van der Waals surface area (Å²) < 4.78 is 41.0. The summed E-state index contributed by atoms with van der Waals surface area (Å²) in [7, 11) is -2.31. The number of rotatable bonds is 4. The molecule has 0 aromatic heterocycles. The lowest BCUT2D eigenvalue weighted by Gasteiger charge is -2.27. The lowest BCUT2D eigenvalue weighted by atomic mass is 10.0. The molecule has 0 bridgehead atoms. The monoisotopic (exact) mass is 480 g/mol. The minimum atomic E-state index is -3.88. The van der Waals surface area contributed by atoms with Crippen LogP contribution in [0.4, 0.5) is 5.69 Å². The van der Waals surface area contributed by atoms with E-state index >= 15 is 0 Å². The van der Waals surface area contributed by atoms with Gasteiger partial charge in [0.1, 0.15) is 11.5 Å². The van der Waals surface area contributed by atoms with E-state index < -0.39 is 16.1 Å². The van der Waals surface area contributed by atoms with Crippen molar-refractivity contribution >= 4 is 37.5 Å². The van der Waals surface area contributed by atoms with E-state index in [1.807, 2.05) is 24.3 Å². The van der Waals surface area contributed by atoms with Gasteiger partial charge in [0.15, 0.2) is 11.5 Å². The Balaban J connectivity index is 1.65. The van der Waals surface area contributed by atoms with Crippen LogP contribution in [0.2, 0.25) is 0 Å². The summed E-state index contributed by atoms with van der Waals surface area (Å²) in [5.74, 6) is 1.10. The van der Waals surface area contributed by atoms with Crippen molar-refractivity contribution in [1.29, 1.82) is 0 Å². The van der Waals surface area contributed by atoms with E-state index in [0.717, 1.165) is 11.1 Å². The summed E-state index contributed by atoms with van der Waals surface area (Å²) in [6.45, 7) is 2.11. The van der Waals surface area contributed by atoms with Crippen LogP contribution >= 0.6 is 15.9 Å². The molecule has 1 N–H and O–H groups in total. The van der Waals surface area contributed by atoms with Gasteiger partial charge in [-0.25, -0.2) is 13.1 Å². The molecule has 0 saturated carbocycles.